The van der Waals surface area contributed by atoms with Crippen LogP contribution in [0.2, 0.25) is 0 Å². The number of ether oxygens (including phenoxy) is 2. The van der Waals surface area contributed by atoms with Crippen molar-refractivity contribution in [3.8, 4) is 5.75 Å². The fourth-order valence-electron chi connectivity index (χ4n) is 3.14. The monoisotopic (exact) mass is 289 g/mol. The van der Waals surface area contributed by atoms with E-state index in [9.17, 15) is 4.79 Å². The second-order valence-electron chi connectivity index (χ2n) is 5.93. The van der Waals surface area contributed by atoms with Gasteiger partial charge in [0.2, 0.25) is 0 Å². The van der Waals surface area contributed by atoms with Crippen LogP contribution in [0.1, 0.15) is 33.3 Å². The number of esters is 1. The van der Waals surface area contributed by atoms with Crippen LogP contribution in [0.4, 0.5) is 5.69 Å². The number of anilines is 1. The van der Waals surface area contributed by atoms with Gasteiger partial charge in [-0.3, -0.25) is 0 Å². The largest absolute Gasteiger partial charge is 0.497 e. The Bertz CT molecular complexity index is 590. The number of rotatable bonds is 3. The number of methoxy groups -OCH3 is 2. The highest BCUT2D eigenvalue weighted by molar-refractivity contribution is 5.87. The van der Waals surface area contributed by atoms with Gasteiger partial charge in [0, 0.05) is 17.3 Å². The van der Waals surface area contributed by atoms with Crippen LogP contribution in [0, 0.1) is 0 Å². The fraction of sp³-hybridized carbons (Fsp3) is 0.471. The number of benzene rings is 1. The van der Waals surface area contributed by atoms with Gasteiger partial charge in [0.25, 0.3) is 0 Å². The highest BCUT2D eigenvalue weighted by atomic mass is 16.5. The molecule has 1 heterocycles. The van der Waals surface area contributed by atoms with Gasteiger partial charge in [-0.05, 0) is 45.4 Å². The average molecular weight is 289 g/mol. The fourth-order valence-corrected chi connectivity index (χ4v) is 3.14. The molecule has 0 amide bonds. The topological polar surface area (TPSA) is 38.8 Å². The number of allylic oxidation sites excluding steroid dienone is 1. The number of carbonyl (C=O) groups excluding carboxylic acids is 1. The minimum Gasteiger partial charge on any atom is -0.497 e. The lowest BCUT2D eigenvalue weighted by Gasteiger charge is -2.45. The van der Waals surface area contributed by atoms with Crippen molar-refractivity contribution in [3.63, 3.8) is 0 Å². The summed E-state index contributed by atoms with van der Waals surface area (Å²) >= 11 is 0. The van der Waals surface area contributed by atoms with E-state index >= 15 is 0 Å². The van der Waals surface area contributed by atoms with Crippen LogP contribution in [0.5, 0.6) is 5.75 Å². The molecule has 0 unspecified atom stereocenters. The number of carbonyl (C=O) groups is 1. The molecular formula is C17H23NO3. The first-order valence-electron chi connectivity index (χ1n) is 7.07. The third kappa shape index (κ3) is 2.62. The molecule has 0 bridgehead atoms. The van der Waals surface area contributed by atoms with Crippen molar-refractivity contribution in [1.29, 1.82) is 0 Å². The molecule has 0 aliphatic carbocycles. The quantitative estimate of drug-likeness (QED) is 0.801. The van der Waals surface area contributed by atoms with E-state index in [1.54, 1.807) is 7.11 Å². The summed E-state index contributed by atoms with van der Waals surface area (Å²) in [6.07, 6.45) is 2.18. The van der Waals surface area contributed by atoms with Crippen LogP contribution < -0.4 is 9.64 Å². The Hall–Kier alpha value is -1.97. The Labute approximate surface area is 126 Å². The second-order valence-corrected chi connectivity index (χ2v) is 5.93. The molecule has 0 spiro atoms. The van der Waals surface area contributed by atoms with E-state index in [2.05, 4.69) is 31.7 Å². The summed E-state index contributed by atoms with van der Waals surface area (Å²) in [7, 11) is 3.07. The van der Waals surface area contributed by atoms with Gasteiger partial charge in [0.15, 0.2) is 0 Å². The lowest BCUT2D eigenvalue weighted by molar-refractivity contribution is -0.142. The average Bonchev–Trinajstić information content (AvgIpc) is 2.44. The maximum absolute atomic E-state index is 12.0. The van der Waals surface area contributed by atoms with E-state index in [1.807, 2.05) is 25.1 Å². The molecule has 0 saturated heterocycles. The van der Waals surface area contributed by atoms with Crippen molar-refractivity contribution >= 4 is 17.2 Å². The van der Waals surface area contributed by atoms with Crippen molar-refractivity contribution in [2.24, 2.45) is 0 Å². The summed E-state index contributed by atoms with van der Waals surface area (Å²) in [5.41, 5.74) is 3.03. The molecular weight excluding hydrogens is 266 g/mol. The molecule has 1 atom stereocenters. The van der Waals surface area contributed by atoms with E-state index < -0.39 is 0 Å². The zero-order valence-electron chi connectivity index (χ0n) is 13.6. The summed E-state index contributed by atoms with van der Waals surface area (Å²) in [4.78, 5) is 14.1. The van der Waals surface area contributed by atoms with Crippen LogP contribution in [0.3, 0.4) is 0 Å². The van der Waals surface area contributed by atoms with Crippen molar-refractivity contribution in [1.82, 2.24) is 0 Å². The Balaban J connectivity index is 2.61. The number of hydrogen-bond acceptors (Lipinski definition) is 4. The Morgan fingerprint density at radius 2 is 1.95 bits per heavy atom. The van der Waals surface area contributed by atoms with Gasteiger partial charge >= 0.3 is 5.97 Å². The SMILES string of the molecule is COC(=O)[C@H](C)N1c2cc(OC)ccc2C(C)=CC1(C)C. The van der Waals surface area contributed by atoms with E-state index in [0.29, 0.717) is 0 Å². The first-order chi connectivity index (χ1) is 9.81. The second kappa shape index (κ2) is 5.43. The minimum absolute atomic E-state index is 0.246. The standard InChI is InChI=1S/C17H23NO3/c1-11-10-17(3,4)18(12(2)16(19)21-6)15-9-13(20-5)7-8-14(11)15/h7-10,12H,1-6H3/t12-/m0/s1. The summed E-state index contributed by atoms with van der Waals surface area (Å²) < 4.78 is 10.3. The Morgan fingerprint density at radius 3 is 2.52 bits per heavy atom. The zero-order chi connectivity index (χ0) is 15.8. The van der Waals surface area contributed by atoms with Gasteiger partial charge in [-0.2, -0.15) is 0 Å². The molecule has 4 heteroatoms. The van der Waals surface area contributed by atoms with Crippen LogP contribution >= 0.6 is 0 Å². The molecule has 2 rings (SSSR count). The third-order valence-electron chi connectivity index (χ3n) is 4.01. The zero-order valence-corrected chi connectivity index (χ0v) is 13.6. The van der Waals surface area contributed by atoms with E-state index in [0.717, 1.165) is 17.0 Å². The molecule has 1 aliphatic rings. The van der Waals surface area contributed by atoms with E-state index in [-0.39, 0.29) is 17.6 Å². The van der Waals surface area contributed by atoms with Crippen LogP contribution in [-0.2, 0) is 9.53 Å². The van der Waals surface area contributed by atoms with Gasteiger partial charge in [0.05, 0.1) is 19.8 Å². The predicted molar refractivity (Wildman–Crippen MR) is 84.7 cm³/mol. The van der Waals surface area contributed by atoms with E-state index in [1.165, 1.54) is 12.7 Å². The first-order valence-corrected chi connectivity index (χ1v) is 7.07. The van der Waals surface area contributed by atoms with Crippen LogP contribution in [0.15, 0.2) is 24.3 Å². The lowest BCUT2D eigenvalue weighted by atomic mass is 9.87. The van der Waals surface area contributed by atoms with Crippen LogP contribution in [-0.4, -0.2) is 31.8 Å². The van der Waals surface area contributed by atoms with Gasteiger partial charge in [-0.25, -0.2) is 4.79 Å². The maximum Gasteiger partial charge on any atom is 0.328 e. The van der Waals surface area contributed by atoms with Crippen molar-refractivity contribution in [2.45, 2.75) is 39.3 Å². The van der Waals surface area contributed by atoms with E-state index in [4.69, 9.17) is 9.47 Å². The van der Waals surface area contributed by atoms with Crippen molar-refractivity contribution in [2.75, 3.05) is 19.1 Å². The van der Waals surface area contributed by atoms with Gasteiger partial charge < -0.3 is 14.4 Å². The van der Waals surface area contributed by atoms with Crippen molar-refractivity contribution < 1.29 is 14.3 Å². The van der Waals surface area contributed by atoms with Gasteiger partial charge in [-0.1, -0.05) is 6.08 Å². The minimum atomic E-state index is -0.375. The number of fused-ring (bicyclic) bond motifs is 1. The molecule has 0 fully saturated rings. The number of hydrogen-bond donors (Lipinski definition) is 0. The molecule has 114 valence electrons. The summed E-state index contributed by atoms with van der Waals surface area (Å²) in [6.45, 7) is 8.15. The maximum atomic E-state index is 12.0. The highest BCUT2D eigenvalue weighted by Gasteiger charge is 2.37. The molecule has 1 aromatic carbocycles. The number of nitrogens with zero attached hydrogens (tertiary/aromatic N) is 1. The van der Waals surface area contributed by atoms with Gasteiger partial charge in [-0.15, -0.1) is 0 Å². The Morgan fingerprint density at radius 1 is 1.29 bits per heavy atom. The van der Waals surface area contributed by atoms with Crippen LogP contribution in [0.25, 0.3) is 5.57 Å². The summed E-state index contributed by atoms with van der Waals surface area (Å²) in [5, 5.41) is 0. The Kier molecular flexibility index (Phi) is 3.99. The molecule has 1 aliphatic heterocycles. The molecule has 0 radical (unpaired) electrons. The molecule has 1 aromatic rings. The summed E-state index contributed by atoms with van der Waals surface area (Å²) in [5.74, 6) is 0.533. The summed E-state index contributed by atoms with van der Waals surface area (Å²) in [6, 6.07) is 5.58. The molecule has 4 nitrogen and oxygen atoms in total. The van der Waals surface area contributed by atoms with Crippen molar-refractivity contribution in [3.05, 3.63) is 29.8 Å². The normalized spacial score (nSPS) is 17.6. The third-order valence-corrected chi connectivity index (χ3v) is 4.01. The lowest BCUT2D eigenvalue weighted by Crippen LogP contribution is -2.53. The molecule has 0 aromatic heterocycles. The van der Waals surface area contributed by atoms with Gasteiger partial charge in [0.1, 0.15) is 11.8 Å². The molecule has 0 N–H and O–H groups in total. The highest BCUT2D eigenvalue weighted by Crippen LogP contribution is 2.41. The smallest absolute Gasteiger partial charge is 0.328 e. The molecule has 21 heavy (non-hydrogen) atoms. The first kappa shape index (κ1) is 15.4. The molecule has 0 saturated carbocycles. The predicted octanol–water partition coefficient (Wildman–Crippen LogP) is 3.26.